The number of benzene rings is 1. The van der Waals surface area contributed by atoms with E-state index in [4.69, 9.17) is 5.11 Å². The average molecular weight is 336 g/mol. The molecule has 0 saturated carbocycles. The van der Waals surface area contributed by atoms with Gasteiger partial charge in [-0.15, -0.1) is 11.8 Å². The monoisotopic (exact) mass is 336 g/mol. The molecule has 1 aliphatic heterocycles. The summed E-state index contributed by atoms with van der Waals surface area (Å²) in [5.41, 5.74) is 1.77. The Kier molecular flexibility index (Phi) is 5.24. The number of anilines is 1. The van der Waals surface area contributed by atoms with Crippen molar-refractivity contribution in [2.75, 3.05) is 18.4 Å². The first-order valence-electron chi connectivity index (χ1n) is 7.74. The van der Waals surface area contributed by atoms with Gasteiger partial charge in [-0.05, 0) is 37.1 Å². The third-order valence-corrected chi connectivity index (χ3v) is 4.79. The van der Waals surface area contributed by atoms with Gasteiger partial charge in [-0.25, -0.2) is 4.79 Å². The summed E-state index contributed by atoms with van der Waals surface area (Å²) in [6.07, 6.45) is 0.517. The van der Waals surface area contributed by atoms with Gasteiger partial charge in [-0.3, -0.25) is 4.79 Å². The Hall–Kier alpha value is -1.69. The fourth-order valence-electron chi connectivity index (χ4n) is 2.53. The van der Waals surface area contributed by atoms with Crippen molar-refractivity contribution < 1.29 is 14.7 Å². The number of nitrogens with zero attached hydrogens (tertiary/aromatic N) is 1. The molecule has 0 bridgehead atoms. The van der Waals surface area contributed by atoms with Gasteiger partial charge in [0.25, 0.3) is 0 Å². The predicted octanol–water partition coefficient (Wildman–Crippen LogP) is 3.82. The van der Waals surface area contributed by atoms with E-state index in [1.54, 1.807) is 16.7 Å². The Morgan fingerprint density at radius 1 is 1.35 bits per heavy atom. The zero-order valence-corrected chi connectivity index (χ0v) is 14.9. The molecule has 1 aliphatic rings. The van der Waals surface area contributed by atoms with Crippen LogP contribution in [0, 0.1) is 12.8 Å². The second-order valence-corrected chi connectivity index (χ2v) is 8.79. The van der Waals surface area contributed by atoms with Crippen molar-refractivity contribution in [3.63, 3.8) is 0 Å². The van der Waals surface area contributed by atoms with Crippen molar-refractivity contribution >= 4 is 29.4 Å². The van der Waals surface area contributed by atoms with Crippen LogP contribution in [-0.4, -0.2) is 39.8 Å². The largest absolute Gasteiger partial charge is 0.481 e. The van der Waals surface area contributed by atoms with Crippen LogP contribution >= 0.6 is 11.8 Å². The molecule has 1 aromatic rings. The molecule has 126 valence electrons. The van der Waals surface area contributed by atoms with Crippen LogP contribution in [0.3, 0.4) is 0 Å². The summed E-state index contributed by atoms with van der Waals surface area (Å²) in [7, 11) is 0. The van der Waals surface area contributed by atoms with Gasteiger partial charge in [0.1, 0.15) is 0 Å². The van der Waals surface area contributed by atoms with E-state index in [9.17, 15) is 9.59 Å². The number of likely N-dealkylation sites (tertiary alicyclic amines) is 1. The smallest absolute Gasteiger partial charge is 0.321 e. The number of carboxylic acid groups (broad SMARTS) is 1. The molecule has 2 rings (SSSR count). The van der Waals surface area contributed by atoms with Crippen LogP contribution in [0.15, 0.2) is 23.1 Å². The molecule has 1 fully saturated rings. The van der Waals surface area contributed by atoms with E-state index in [-0.39, 0.29) is 17.3 Å². The van der Waals surface area contributed by atoms with E-state index in [0.29, 0.717) is 13.0 Å². The Balaban J connectivity index is 2.00. The number of aryl methyl sites for hydroxylation is 1. The number of nitrogens with one attached hydrogen (secondary N) is 1. The average Bonchev–Trinajstić information content (AvgIpc) is 2.90. The molecule has 2 N–H and O–H groups in total. The molecule has 0 radical (unpaired) electrons. The lowest BCUT2D eigenvalue weighted by atomic mass is 10.1. The molecule has 1 atom stereocenters. The molecule has 23 heavy (non-hydrogen) atoms. The Bertz CT molecular complexity index is 610. The molecule has 0 aromatic heterocycles. The third kappa shape index (κ3) is 4.89. The lowest BCUT2D eigenvalue weighted by Gasteiger charge is -2.20. The quantitative estimate of drug-likeness (QED) is 0.823. The lowest BCUT2D eigenvalue weighted by Crippen LogP contribution is -2.34. The second kappa shape index (κ2) is 6.83. The van der Waals surface area contributed by atoms with Crippen molar-refractivity contribution in [1.29, 1.82) is 0 Å². The van der Waals surface area contributed by atoms with E-state index in [1.165, 1.54) is 4.90 Å². The highest BCUT2D eigenvalue weighted by atomic mass is 32.2. The van der Waals surface area contributed by atoms with Crippen molar-refractivity contribution in [1.82, 2.24) is 4.90 Å². The van der Waals surface area contributed by atoms with E-state index in [1.807, 2.05) is 19.1 Å². The Morgan fingerprint density at radius 2 is 2.04 bits per heavy atom. The zero-order valence-electron chi connectivity index (χ0n) is 14.0. The van der Waals surface area contributed by atoms with E-state index in [0.717, 1.165) is 11.3 Å². The molecule has 1 unspecified atom stereocenters. The highest BCUT2D eigenvalue weighted by Gasteiger charge is 2.30. The number of hydrogen-bond donors (Lipinski definition) is 2. The highest BCUT2D eigenvalue weighted by Crippen LogP contribution is 2.33. The van der Waals surface area contributed by atoms with E-state index < -0.39 is 11.9 Å². The summed E-state index contributed by atoms with van der Waals surface area (Å²) < 4.78 is 0.138. The minimum Gasteiger partial charge on any atom is -0.481 e. The number of amides is 2. The van der Waals surface area contributed by atoms with Crippen LogP contribution in [0.1, 0.15) is 32.8 Å². The fraction of sp³-hybridized carbons (Fsp3) is 0.529. The van der Waals surface area contributed by atoms with Crippen LogP contribution < -0.4 is 5.32 Å². The standard InChI is InChI=1S/C17H24N2O3S/c1-11-9-13(23-17(2,3)4)5-6-14(11)18-16(22)19-8-7-12(10-19)15(20)21/h5-6,9,12H,7-8,10H2,1-4H3,(H,18,22)(H,20,21). The summed E-state index contributed by atoms with van der Waals surface area (Å²) in [5.74, 6) is -1.28. The number of carboxylic acids is 1. The lowest BCUT2D eigenvalue weighted by molar-refractivity contribution is -0.141. The molecular formula is C17H24N2O3S. The number of urea groups is 1. The second-order valence-electron chi connectivity index (χ2n) is 6.89. The first-order valence-corrected chi connectivity index (χ1v) is 8.56. The van der Waals surface area contributed by atoms with Crippen molar-refractivity contribution in [3.05, 3.63) is 23.8 Å². The molecule has 1 saturated heterocycles. The molecule has 1 aromatic carbocycles. The molecular weight excluding hydrogens is 312 g/mol. The van der Waals surface area contributed by atoms with Gasteiger partial charge < -0.3 is 15.3 Å². The van der Waals surface area contributed by atoms with E-state index in [2.05, 4.69) is 32.2 Å². The maximum Gasteiger partial charge on any atom is 0.321 e. The van der Waals surface area contributed by atoms with Gasteiger partial charge in [-0.2, -0.15) is 0 Å². The molecule has 6 heteroatoms. The van der Waals surface area contributed by atoms with Gasteiger partial charge in [-0.1, -0.05) is 20.8 Å². The fourth-order valence-corrected chi connectivity index (χ4v) is 3.61. The van der Waals surface area contributed by atoms with Crippen LogP contribution in [0.5, 0.6) is 0 Å². The van der Waals surface area contributed by atoms with Gasteiger partial charge >= 0.3 is 12.0 Å². The Labute approximate surface area is 141 Å². The number of rotatable bonds is 3. The van der Waals surface area contributed by atoms with Crippen LogP contribution in [0.2, 0.25) is 0 Å². The summed E-state index contributed by atoms with van der Waals surface area (Å²) >= 11 is 1.78. The number of carbonyl (C=O) groups is 2. The topological polar surface area (TPSA) is 69.6 Å². The van der Waals surface area contributed by atoms with Crippen molar-refractivity contribution in [2.24, 2.45) is 5.92 Å². The molecule has 0 aliphatic carbocycles. The first-order chi connectivity index (χ1) is 10.7. The summed E-state index contributed by atoms with van der Waals surface area (Å²) in [4.78, 5) is 26.0. The minimum absolute atomic E-state index is 0.138. The van der Waals surface area contributed by atoms with E-state index >= 15 is 0 Å². The number of hydrogen-bond acceptors (Lipinski definition) is 3. The predicted molar refractivity (Wildman–Crippen MR) is 93.1 cm³/mol. The highest BCUT2D eigenvalue weighted by molar-refractivity contribution is 8.00. The normalized spacial score (nSPS) is 18.1. The minimum atomic E-state index is -0.833. The van der Waals surface area contributed by atoms with Gasteiger partial charge in [0, 0.05) is 28.4 Å². The third-order valence-electron chi connectivity index (χ3n) is 3.69. The maximum absolute atomic E-state index is 12.3. The van der Waals surface area contributed by atoms with Gasteiger partial charge in [0.2, 0.25) is 0 Å². The number of thioether (sulfide) groups is 1. The zero-order chi connectivity index (χ0) is 17.2. The summed E-state index contributed by atoms with van der Waals surface area (Å²) in [6, 6.07) is 5.75. The van der Waals surface area contributed by atoms with Crippen molar-refractivity contribution in [3.8, 4) is 0 Å². The van der Waals surface area contributed by atoms with Crippen molar-refractivity contribution in [2.45, 2.75) is 43.8 Å². The summed E-state index contributed by atoms with van der Waals surface area (Å²) in [5, 5.41) is 11.9. The van der Waals surface area contributed by atoms with Crippen LogP contribution in [-0.2, 0) is 4.79 Å². The van der Waals surface area contributed by atoms with Gasteiger partial charge in [0.15, 0.2) is 0 Å². The number of aliphatic carboxylic acids is 1. The molecule has 5 nitrogen and oxygen atoms in total. The van der Waals surface area contributed by atoms with Crippen LogP contribution in [0.4, 0.5) is 10.5 Å². The molecule has 0 spiro atoms. The Morgan fingerprint density at radius 3 is 2.57 bits per heavy atom. The number of carbonyl (C=O) groups excluding carboxylic acids is 1. The first kappa shape index (κ1) is 17.7. The molecule has 2 amide bonds. The van der Waals surface area contributed by atoms with Gasteiger partial charge in [0.05, 0.1) is 5.92 Å². The molecule has 1 heterocycles. The SMILES string of the molecule is Cc1cc(SC(C)(C)C)ccc1NC(=O)N1CCC(C(=O)O)C1. The maximum atomic E-state index is 12.3. The van der Waals surface area contributed by atoms with Crippen LogP contribution in [0.25, 0.3) is 0 Å². The summed E-state index contributed by atoms with van der Waals surface area (Å²) in [6.45, 7) is 9.21.